The third-order valence-corrected chi connectivity index (χ3v) is 5.32. The van der Waals surface area contributed by atoms with Crippen LogP contribution in [0.2, 0.25) is 0 Å². The Kier molecular flexibility index (Phi) is 5.01. The summed E-state index contributed by atoms with van der Waals surface area (Å²) in [6.07, 6.45) is 7.03. The van der Waals surface area contributed by atoms with E-state index in [9.17, 15) is 4.79 Å². The molecule has 0 aliphatic carbocycles. The van der Waals surface area contributed by atoms with E-state index in [1.165, 1.54) is 0 Å². The predicted molar refractivity (Wildman–Crippen MR) is 94.7 cm³/mol. The number of carbonyl (C=O) groups excluding carboxylic acids is 1. The maximum Gasteiger partial charge on any atom is 0.274 e. The number of amides is 1. The van der Waals surface area contributed by atoms with E-state index < -0.39 is 0 Å². The highest BCUT2D eigenvalue weighted by Crippen LogP contribution is 2.22. The Hall–Kier alpha value is -2.22. The predicted octanol–water partition coefficient (Wildman–Crippen LogP) is 1.59. The third kappa shape index (κ3) is 3.80. The summed E-state index contributed by atoms with van der Waals surface area (Å²) in [7, 11) is 0. The molecule has 0 radical (unpaired) electrons. The van der Waals surface area contributed by atoms with Crippen LogP contribution in [0.25, 0.3) is 0 Å². The molecule has 0 saturated carbocycles. The van der Waals surface area contributed by atoms with Gasteiger partial charge >= 0.3 is 0 Å². The van der Waals surface area contributed by atoms with Gasteiger partial charge in [-0.25, -0.2) is 0 Å². The minimum absolute atomic E-state index is 0.0292. The van der Waals surface area contributed by atoms with Gasteiger partial charge < -0.3 is 14.7 Å². The van der Waals surface area contributed by atoms with Gasteiger partial charge in [-0.1, -0.05) is 5.16 Å². The summed E-state index contributed by atoms with van der Waals surface area (Å²) in [5.74, 6) is 1.72. The summed E-state index contributed by atoms with van der Waals surface area (Å²) in [6.45, 7) is 5.30. The number of nitrogens with zero attached hydrogens (tertiary/aromatic N) is 5. The van der Waals surface area contributed by atoms with E-state index in [4.69, 9.17) is 4.52 Å². The maximum atomic E-state index is 12.9. The van der Waals surface area contributed by atoms with Gasteiger partial charge in [0.05, 0.1) is 6.04 Å². The Balaban J connectivity index is 1.38. The van der Waals surface area contributed by atoms with Gasteiger partial charge in [0.25, 0.3) is 5.91 Å². The maximum absolute atomic E-state index is 12.9. The van der Waals surface area contributed by atoms with Crippen molar-refractivity contribution in [1.29, 1.82) is 0 Å². The van der Waals surface area contributed by atoms with E-state index in [1.54, 1.807) is 6.92 Å². The molecular weight excluding hydrogens is 332 g/mol. The van der Waals surface area contributed by atoms with Crippen LogP contribution in [0.5, 0.6) is 0 Å². The van der Waals surface area contributed by atoms with E-state index in [-0.39, 0.29) is 5.91 Å². The molecule has 2 atom stereocenters. The molecule has 140 valence electrons. The molecule has 1 N–H and O–H groups in total. The largest absolute Gasteiger partial charge is 0.340 e. The SMILES string of the molecule is Cc1nc(CC2CCCN(C(=O)c3ccn(C4CCCNC4)n3)C2)no1. The number of hydrogen-bond acceptors (Lipinski definition) is 6. The van der Waals surface area contributed by atoms with Gasteiger partial charge in [-0.15, -0.1) is 0 Å². The van der Waals surface area contributed by atoms with Crippen LogP contribution in [0.3, 0.4) is 0 Å². The zero-order valence-corrected chi connectivity index (χ0v) is 15.2. The van der Waals surface area contributed by atoms with Crippen LogP contribution in [-0.2, 0) is 6.42 Å². The fraction of sp³-hybridized carbons (Fsp3) is 0.667. The van der Waals surface area contributed by atoms with Crippen LogP contribution in [0.1, 0.15) is 53.9 Å². The quantitative estimate of drug-likeness (QED) is 0.893. The number of hydrogen-bond donors (Lipinski definition) is 1. The van der Waals surface area contributed by atoms with E-state index in [1.807, 2.05) is 21.8 Å². The Bertz CT molecular complexity index is 748. The molecule has 8 heteroatoms. The highest BCUT2D eigenvalue weighted by Gasteiger charge is 2.27. The molecule has 2 unspecified atom stereocenters. The number of nitrogens with one attached hydrogen (secondary N) is 1. The third-order valence-electron chi connectivity index (χ3n) is 5.32. The van der Waals surface area contributed by atoms with Gasteiger partial charge in [0.1, 0.15) is 5.69 Å². The summed E-state index contributed by atoms with van der Waals surface area (Å²) in [5, 5.41) is 11.9. The molecule has 4 heterocycles. The molecule has 26 heavy (non-hydrogen) atoms. The lowest BCUT2D eigenvalue weighted by molar-refractivity contribution is 0.0664. The van der Waals surface area contributed by atoms with Crippen LogP contribution >= 0.6 is 0 Å². The Morgan fingerprint density at radius 2 is 2.31 bits per heavy atom. The van der Waals surface area contributed by atoms with Crippen molar-refractivity contribution < 1.29 is 9.32 Å². The second-order valence-electron chi connectivity index (χ2n) is 7.37. The smallest absolute Gasteiger partial charge is 0.274 e. The van der Waals surface area contributed by atoms with Gasteiger partial charge in [-0.2, -0.15) is 10.1 Å². The van der Waals surface area contributed by atoms with Gasteiger partial charge in [-0.05, 0) is 44.2 Å². The van der Waals surface area contributed by atoms with Crippen molar-refractivity contribution >= 4 is 5.91 Å². The normalized spacial score (nSPS) is 24.0. The lowest BCUT2D eigenvalue weighted by Crippen LogP contribution is -2.41. The molecule has 2 fully saturated rings. The number of aryl methyl sites for hydroxylation is 1. The Morgan fingerprint density at radius 3 is 3.08 bits per heavy atom. The molecule has 2 saturated heterocycles. The molecule has 0 bridgehead atoms. The number of carbonyl (C=O) groups is 1. The monoisotopic (exact) mass is 358 g/mol. The fourth-order valence-electron chi connectivity index (χ4n) is 3.98. The van der Waals surface area contributed by atoms with E-state index in [0.717, 1.165) is 64.1 Å². The molecular formula is C18H26N6O2. The van der Waals surface area contributed by atoms with Crippen LogP contribution in [-0.4, -0.2) is 56.9 Å². The van der Waals surface area contributed by atoms with Crippen LogP contribution in [0, 0.1) is 12.8 Å². The van der Waals surface area contributed by atoms with Crippen molar-refractivity contribution in [1.82, 2.24) is 30.1 Å². The van der Waals surface area contributed by atoms with Crippen molar-refractivity contribution in [3.63, 3.8) is 0 Å². The molecule has 0 aromatic carbocycles. The summed E-state index contributed by atoms with van der Waals surface area (Å²) >= 11 is 0. The zero-order chi connectivity index (χ0) is 17.9. The first-order valence-electron chi connectivity index (χ1n) is 9.53. The van der Waals surface area contributed by atoms with E-state index >= 15 is 0 Å². The highest BCUT2D eigenvalue weighted by molar-refractivity contribution is 5.92. The molecule has 1 amide bonds. The lowest BCUT2D eigenvalue weighted by Gasteiger charge is -2.31. The first-order valence-corrected chi connectivity index (χ1v) is 9.53. The van der Waals surface area contributed by atoms with Gasteiger partial charge in [0.15, 0.2) is 5.82 Å². The average Bonchev–Trinajstić information content (AvgIpc) is 3.31. The summed E-state index contributed by atoms with van der Waals surface area (Å²) < 4.78 is 7.00. The number of piperidine rings is 2. The van der Waals surface area contributed by atoms with Crippen LogP contribution in [0.4, 0.5) is 0 Å². The molecule has 4 rings (SSSR count). The van der Waals surface area contributed by atoms with Crippen molar-refractivity contribution in [3.05, 3.63) is 29.7 Å². The second kappa shape index (κ2) is 7.57. The summed E-state index contributed by atoms with van der Waals surface area (Å²) in [6, 6.07) is 2.20. The lowest BCUT2D eigenvalue weighted by atomic mass is 9.94. The zero-order valence-electron chi connectivity index (χ0n) is 15.2. The van der Waals surface area contributed by atoms with Gasteiger partial charge in [0.2, 0.25) is 5.89 Å². The average molecular weight is 358 g/mol. The molecule has 2 aromatic heterocycles. The Labute approximate surface area is 152 Å². The molecule has 2 aromatic rings. The topological polar surface area (TPSA) is 89.1 Å². The number of likely N-dealkylation sites (tertiary alicyclic amines) is 1. The standard InChI is InChI=1S/C18H26N6O2/c1-13-20-17(22-26-13)10-14-4-3-8-23(12-14)18(25)16-6-9-24(21-16)15-5-2-7-19-11-15/h6,9,14-15,19H,2-5,7-8,10-12H2,1H3. The second-order valence-corrected chi connectivity index (χ2v) is 7.37. The summed E-state index contributed by atoms with van der Waals surface area (Å²) in [5.41, 5.74) is 0.548. The minimum Gasteiger partial charge on any atom is -0.340 e. The van der Waals surface area contributed by atoms with Gasteiger partial charge in [-0.3, -0.25) is 9.48 Å². The van der Waals surface area contributed by atoms with Crippen molar-refractivity contribution in [3.8, 4) is 0 Å². The molecule has 8 nitrogen and oxygen atoms in total. The van der Waals surface area contributed by atoms with E-state index in [0.29, 0.717) is 23.5 Å². The molecule has 2 aliphatic rings. The van der Waals surface area contributed by atoms with Crippen LogP contribution < -0.4 is 5.32 Å². The summed E-state index contributed by atoms with van der Waals surface area (Å²) in [4.78, 5) is 19.1. The number of rotatable bonds is 4. The van der Waals surface area contributed by atoms with Crippen molar-refractivity contribution in [2.75, 3.05) is 26.2 Å². The first-order chi connectivity index (χ1) is 12.7. The van der Waals surface area contributed by atoms with E-state index in [2.05, 4.69) is 20.6 Å². The van der Waals surface area contributed by atoms with Crippen molar-refractivity contribution in [2.24, 2.45) is 5.92 Å². The highest BCUT2D eigenvalue weighted by atomic mass is 16.5. The molecule has 2 aliphatic heterocycles. The fourth-order valence-corrected chi connectivity index (χ4v) is 3.98. The van der Waals surface area contributed by atoms with Crippen molar-refractivity contribution in [2.45, 2.75) is 45.1 Å². The number of aromatic nitrogens is 4. The minimum atomic E-state index is 0.0292. The van der Waals surface area contributed by atoms with Crippen LogP contribution in [0.15, 0.2) is 16.8 Å². The van der Waals surface area contributed by atoms with Gasteiger partial charge in [0, 0.05) is 39.2 Å². The molecule has 0 spiro atoms. The first kappa shape index (κ1) is 17.2. The Morgan fingerprint density at radius 1 is 1.38 bits per heavy atom.